The van der Waals surface area contributed by atoms with Gasteiger partial charge in [-0.1, -0.05) is 12.1 Å². The average molecular weight is 449 g/mol. The third kappa shape index (κ3) is 6.23. The highest BCUT2D eigenvalue weighted by Gasteiger charge is 2.34. The van der Waals surface area contributed by atoms with Crippen molar-refractivity contribution in [2.45, 2.75) is 39.5 Å². The van der Waals surface area contributed by atoms with Crippen LogP contribution in [0.2, 0.25) is 0 Å². The molecule has 5 nitrogen and oxygen atoms in total. The number of anilines is 2. The van der Waals surface area contributed by atoms with E-state index in [-0.39, 0.29) is 23.7 Å². The summed E-state index contributed by atoms with van der Waals surface area (Å²) in [5.41, 5.74) is 1.84. The van der Waals surface area contributed by atoms with Crippen LogP contribution < -0.4 is 10.6 Å². The number of halogens is 3. The summed E-state index contributed by atoms with van der Waals surface area (Å²) in [6.07, 6.45) is -4.53. The van der Waals surface area contributed by atoms with Gasteiger partial charge in [0.1, 0.15) is 0 Å². The van der Waals surface area contributed by atoms with E-state index in [1.807, 2.05) is 38.8 Å². The van der Waals surface area contributed by atoms with E-state index in [0.717, 1.165) is 43.5 Å². The van der Waals surface area contributed by atoms with Crippen LogP contribution in [0, 0.1) is 6.92 Å². The van der Waals surface area contributed by atoms with Gasteiger partial charge in [0, 0.05) is 55.7 Å². The number of nitrogens with zero attached hydrogens (tertiary/aromatic N) is 2. The Kier molecular flexibility index (Phi) is 7.46. The third-order valence-electron chi connectivity index (χ3n) is 5.61. The Balaban J connectivity index is 1.80. The first kappa shape index (κ1) is 24.1. The molecule has 1 heterocycles. The Morgan fingerprint density at radius 2 is 1.75 bits per heavy atom. The molecule has 0 spiro atoms. The number of amides is 1. The average Bonchev–Trinajstić information content (AvgIpc) is 2.71. The topological polar surface area (TPSA) is 47.6 Å². The predicted molar refractivity (Wildman–Crippen MR) is 122 cm³/mol. The first-order chi connectivity index (χ1) is 15.0. The van der Waals surface area contributed by atoms with Crippen molar-refractivity contribution >= 4 is 17.3 Å². The first-order valence-corrected chi connectivity index (χ1v) is 10.8. The maximum absolute atomic E-state index is 13.8. The Hall–Kier alpha value is -2.58. The number of hydrogen-bond acceptors (Lipinski definition) is 4. The molecule has 2 N–H and O–H groups in total. The summed E-state index contributed by atoms with van der Waals surface area (Å²) < 4.78 is 41.4. The van der Waals surface area contributed by atoms with Crippen molar-refractivity contribution in [2.24, 2.45) is 0 Å². The summed E-state index contributed by atoms with van der Waals surface area (Å²) in [6, 6.07) is 9.46. The number of alkyl halides is 3. The monoisotopic (exact) mass is 448 g/mol. The molecule has 174 valence electrons. The van der Waals surface area contributed by atoms with Crippen molar-refractivity contribution in [1.29, 1.82) is 0 Å². The van der Waals surface area contributed by atoms with Gasteiger partial charge < -0.3 is 15.5 Å². The van der Waals surface area contributed by atoms with Gasteiger partial charge in [-0.15, -0.1) is 0 Å². The number of likely N-dealkylation sites (N-methyl/N-ethyl adjacent to an activating group) is 1. The van der Waals surface area contributed by atoms with Gasteiger partial charge >= 0.3 is 6.18 Å². The van der Waals surface area contributed by atoms with Crippen molar-refractivity contribution < 1.29 is 18.0 Å². The van der Waals surface area contributed by atoms with E-state index in [9.17, 15) is 18.0 Å². The number of hydrogen-bond donors (Lipinski definition) is 2. The van der Waals surface area contributed by atoms with Crippen molar-refractivity contribution in [3.8, 4) is 0 Å². The van der Waals surface area contributed by atoms with E-state index in [1.165, 1.54) is 12.1 Å². The van der Waals surface area contributed by atoms with Gasteiger partial charge in [-0.05, 0) is 63.2 Å². The first-order valence-electron chi connectivity index (χ1n) is 10.8. The van der Waals surface area contributed by atoms with Gasteiger partial charge in [0.15, 0.2) is 0 Å². The lowest BCUT2D eigenvalue weighted by Gasteiger charge is -2.33. The van der Waals surface area contributed by atoms with Gasteiger partial charge in [-0.25, -0.2) is 0 Å². The second kappa shape index (κ2) is 9.92. The summed E-state index contributed by atoms with van der Waals surface area (Å²) in [4.78, 5) is 16.9. The Bertz CT molecular complexity index is 951. The van der Waals surface area contributed by atoms with Crippen LogP contribution in [0.1, 0.15) is 40.9 Å². The summed E-state index contributed by atoms with van der Waals surface area (Å²) in [6.45, 7) is 9.27. The molecule has 0 atom stereocenters. The zero-order valence-electron chi connectivity index (χ0n) is 19.0. The van der Waals surface area contributed by atoms with E-state index in [0.29, 0.717) is 5.69 Å². The fourth-order valence-corrected chi connectivity index (χ4v) is 3.74. The molecule has 32 heavy (non-hydrogen) atoms. The molecule has 3 rings (SSSR count). The standard InChI is InChI=1S/C24H31F3N4O/c1-16(2)28-22-14-20(8-5-17(22)3)29-23(32)18-6-7-19(21(13-18)24(25,26)27)15-31-11-9-30(4)10-12-31/h5-8,13-14,16,28H,9-12,15H2,1-4H3,(H,29,32). The quantitative estimate of drug-likeness (QED) is 0.664. The molecule has 0 radical (unpaired) electrons. The highest BCUT2D eigenvalue weighted by molar-refractivity contribution is 6.04. The molecule has 1 saturated heterocycles. The highest BCUT2D eigenvalue weighted by atomic mass is 19.4. The number of piperazine rings is 1. The van der Waals surface area contributed by atoms with Crippen LogP contribution in [0.25, 0.3) is 0 Å². The van der Waals surface area contributed by atoms with E-state index < -0.39 is 17.6 Å². The van der Waals surface area contributed by atoms with E-state index in [2.05, 4.69) is 15.5 Å². The Labute approximate surface area is 187 Å². The third-order valence-corrected chi connectivity index (χ3v) is 5.61. The molecule has 0 aromatic heterocycles. The molecule has 1 aliphatic heterocycles. The van der Waals surface area contributed by atoms with Crippen LogP contribution in [-0.4, -0.2) is 55.0 Å². The second-order valence-electron chi connectivity index (χ2n) is 8.73. The maximum atomic E-state index is 13.8. The lowest BCUT2D eigenvalue weighted by molar-refractivity contribution is -0.138. The number of carbonyl (C=O) groups excluding carboxylic acids is 1. The number of rotatable bonds is 6. The highest BCUT2D eigenvalue weighted by Crippen LogP contribution is 2.34. The fraction of sp³-hybridized carbons (Fsp3) is 0.458. The van der Waals surface area contributed by atoms with E-state index >= 15 is 0 Å². The van der Waals surface area contributed by atoms with Crippen LogP contribution in [0.3, 0.4) is 0 Å². The number of nitrogens with one attached hydrogen (secondary N) is 2. The van der Waals surface area contributed by atoms with Gasteiger partial charge in [-0.3, -0.25) is 9.69 Å². The van der Waals surface area contributed by atoms with E-state index in [1.54, 1.807) is 12.1 Å². The normalized spacial score (nSPS) is 15.8. The van der Waals surface area contributed by atoms with E-state index in [4.69, 9.17) is 0 Å². The fourth-order valence-electron chi connectivity index (χ4n) is 3.74. The van der Waals surface area contributed by atoms with Gasteiger partial charge in [0.2, 0.25) is 0 Å². The smallest absolute Gasteiger partial charge is 0.383 e. The van der Waals surface area contributed by atoms with Crippen LogP contribution in [0.5, 0.6) is 0 Å². The SMILES string of the molecule is Cc1ccc(NC(=O)c2ccc(CN3CCN(C)CC3)c(C(F)(F)F)c2)cc1NC(C)C. The molecule has 1 amide bonds. The van der Waals surface area contributed by atoms with Crippen molar-refractivity contribution in [1.82, 2.24) is 9.80 Å². The molecule has 0 bridgehead atoms. The van der Waals surface area contributed by atoms with Gasteiger partial charge in [0.25, 0.3) is 5.91 Å². The molecule has 2 aromatic rings. The molecule has 8 heteroatoms. The van der Waals surface area contributed by atoms with Crippen molar-refractivity contribution in [3.63, 3.8) is 0 Å². The molecule has 0 saturated carbocycles. The maximum Gasteiger partial charge on any atom is 0.416 e. The number of benzene rings is 2. The summed E-state index contributed by atoms with van der Waals surface area (Å²) in [5, 5.41) is 6.02. The summed E-state index contributed by atoms with van der Waals surface area (Å²) in [7, 11) is 2.00. The van der Waals surface area contributed by atoms with Crippen LogP contribution in [-0.2, 0) is 12.7 Å². The van der Waals surface area contributed by atoms with Crippen LogP contribution in [0.4, 0.5) is 24.5 Å². The minimum atomic E-state index is -4.53. The molecule has 2 aromatic carbocycles. The van der Waals surface area contributed by atoms with Crippen molar-refractivity contribution in [3.05, 3.63) is 58.7 Å². The predicted octanol–water partition coefficient (Wildman–Crippen LogP) is 4.83. The lowest BCUT2D eigenvalue weighted by atomic mass is 10.0. The van der Waals surface area contributed by atoms with Crippen LogP contribution in [0.15, 0.2) is 36.4 Å². The molecule has 1 aliphatic rings. The number of carbonyl (C=O) groups is 1. The van der Waals surface area contributed by atoms with Crippen LogP contribution >= 0.6 is 0 Å². The largest absolute Gasteiger partial charge is 0.416 e. The lowest BCUT2D eigenvalue weighted by Crippen LogP contribution is -2.44. The molecular formula is C24H31F3N4O. The molecule has 0 aliphatic carbocycles. The Morgan fingerprint density at radius 3 is 2.38 bits per heavy atom. The summed E-state index contributed by atoms with van der Waals surface area (Å²) >= 11 is 0. The van der Waals surface area contributed by atoms with Gasteiger partial charge in [0.05, 0.1) is 5.56 Å². The molecule has 0 unspecified atom stereocenters. The minimum Gasteiger partial charge on any atom is -0.383 e. The second-order valence-corrected chi connectivity index (χ2v) is 8.73. The Morgan fingerprint density at radius 1 is 1.06 bits per heavy atom. The van der Waals surface area contributed by atoms with Gasteiger partial charge in [-0.2, -0.15) is 13.2 Å². The zero-order valence-corrected chi connectivity index (χ0v) is 19.0. The molecule has 1 fully saturated rings. The molecular weight excluding hydrogens is 417 g/mol. The summed E-state index contributed by atoms with van der Waals surface area (Å²) in [5.74, 6) is -0.569. The van der Waals surface area contributed by atoms with Crippen molar-refractivity contribution in [2.75, 3.05) is 43.9 Å². The number of aryl methyl sites for hydroxylation is 1. The zero-order chi connectivity index (χ0) is 23.5. The minimum absolute atomic E-state index is 0.0154.